The molecule has 1 aliphatic rings. The first-order valence-corrected chi connectivity index (χ1v) is 2.71. The summed E-state index contributed by atoms with van der Waals surface area (Å²) >= 11 is 0. The lowest BCUT2D eigenvalue weighted by atomic mass is 10.4. The topological polar surface area (TPSA) is 20.2 Å². The first kappa shape index (κ1) is 4.85. The van der Waals surface area contributed by atoms with Crippen LogP contribution >= 0.6 is 0 Å². The Morgan fingerprint density at radius 2 is 2.29 bits per heavy atom. The number of aliphatic hydroxyl groups excluding tert-OH is 1. The van der Waals surface area contributed by atoms with E-state index in [2.05, 4.69) is 6.08 Å². The minimum absolute atomic E-state index is 0.205. The molecule has 1 fully saturated rings. The number of rotatable bonds is 2. The van der Waals surface area contributed by atoms with Crippen molar-refractivity contribution in [1.29, 1.82) is 0 Å². The van der Waals surface area contributed by atoms with Gasteiger partial charge in [-0.25, -0.2) is 0 Å². The number of aliphatic hydroxyl groups is 1. The number of hydrogen-bond donors (Lipinski definition) is 1. The molecule has 0 aromatic rings. The van der Waals surface area contributed by atoms with Crippen LogP contribution in [0.1, 0.15) is 12.8 Å². The molecule has 0 bridgehead atoms. The average Bonchev–Trinajstić information content (AvgIpc) is 2.42. The predicted octanol–water partition coefficient (Wildman–Crippen LogP) is 0.945. The molecule has 40 valence electrons. The van der Waals surface area contributed by atoms with Crippen LogP contribution in [0.3, 0.4) is 0 Å². The number of hydrogen-bond acceptors (Lipinski definition) is 1. The van der Waals surface area contributed by atoms with Gasteiger partial charge in [-0.3, -0.25) is 0 Å². The van der Waals surface area contributed by atoms with Gasteiger partial charge in [0.05, 0.1) is 6.61 Å². The van der Waals surface area contributed by atoms with Crippen molar-refractivity contribution < 1.29 is 5.11 Å². The van der Waals surface area contributed by atoms with E-state index in [-0.39, 0.29) is 6.61 Å². The Hall–Kier alpha value is -0.300. The Bertz CT molecular complexity index is 72.2. The lowest BCUT2D eigenvalue weighted by Gasteiger charge is -1.75. The molecule has 7 heavy (non-hydrogen) atoms. The molecule has 1 aliphatic carbocycles. The van der Waals surface area contributed by atoms with Crippen LogP contribution in [0, 0.1) is 5.92 Å². The molecule has 0 aliphatic heterocycles. The van der Waals surface area contributed by atoms with Gasteiger partial charge in [0, 0.05) is 0 Å². The first-order chi connectivity index (χ1) is 3.43. The van der Waals surface area contributed by atoms with E-state index in [1.165, 1.54) is 12.8 Å². The molecule has 0 saturated heterocycles. The van der Waals surface area contributed by atoms with E-state index < -0.39 is 0 Å². The predicted molar refractivity (Wildman–Crippen MR) is 28.9 cm³/mol. The Labute approximate surface area is 43.7 Å². The van der Waals surface area contributed by atoms with Gasteiger partial charge >= 0.3 is 0 Å². The zero-order valence-electron chi connectivity index (χ0n) is 4.30. The highest BCUT2D eigenvalue weighted by Gasteiger charge is 2.16. The summed E-state index contributed by atoms with van der Waals surface area (Å²) in [5.41, 5.74) is 0. The Kier molecular flexibility index (Phi) is 1.47. The maximum Gasteiger partial charge on any atom is 0.0612 e. The standard InChI is InChI=1S/C6H10O/c7-5-1-2-6-3-4-6/h1-2,6-7H,3-5H2/b2-1+. The lowest BCUT2D eigenvalue weighted by Crippen LogP contribution is -1.70. The van der Waals surface area contributed by atoms with E-state index >= 15 is 0 Å². The summed E-state index contributed by atoms with van der Waals surface area (Å²) in [5, 5.41) is 8.26. The molecule has 0 aromatic heterocycles. The van der Waals surface area contributed by atoms with Crippen LogP contribution in [0.15, 0.2) is 12.2 Å². The molecule has 1 saturated carbocycles. The highest BCUT2D eigenvalue weighted by Crippen LogP contribution is 2.29. The van der Waals surface area contributed by atoms with Crippen LogP contribution in [0.5, 0.6) is 0 Å². The molecule has 0 radical (unpaired) electrons. The van der Waals surface area contributed by atoms with Gasteiger partial charge in [0.25, 0.3) is 0 Å². The zero-order valence-corrected chi connectivity index (χ0v) is 4.30. The fraction of sp³-hybridized carbons (Fsp3) is 0.667. The SMILES string of the molecule is OC/C=C/C1CC1. The number of allylic oxidation sites excluding steroid dienone is 1. The molecule has 1 nitrogen and oxygen atoms in total. The van der Waals surface area contributed by atoms with Gasteiger partial charge in [0.1, 0.15) is 0 Å². The van der Waals surface area contributed by atoms with Gasteiger partial charge in [0.15, 0.2) is 0 Å². The molecule has 1 rings (SSSR count). The molecule has 0 amide bonds. The first-order valence-electron chi connectivity index (χ1n) is 2.71. The van der Waals surface area contributed by atoms with Crippen LogP contribution < -0.4 is 0 Å². The van der Waals surface area contributed by atoms with E-state index in [4.69, 9.17) is 5.11 Å². The van der Waals surface area contributed by atoms with Crippen molar-refractivity contribution in [3.8, 4) is 0 Å². The van der Waals surface area contributed by atoms with Crippen molar-refractivity contribution in [3.05, 3.63) is 12.2 Å². The maximum atomic E-state index is 8.26. The highest BCUT2D eigenvalue weighted by atomic mass is 16.2. The fourth-order valence-corrected chi connectivity index (χ4v) is 0.542. The Morgan fingerprint density at radius 3 is 2.71 bits per heavy atom. The smallest absolute Gasteiger partial charge is 0.0612 e. The minimum Gasteiger partial charge on any atom is -0.392 e. The minimum atomic E-state index is 0.205. The molecule has 1 N–H and O–H groups in total. The van der Waals surface area contributed by atoms with Crippen molar-refractivity contribution in [1.82, 2.24) is 0 Å². The summed E-state index contributed by atoms with van der Waals surface area (Å²) in [6, 6.07) is 0. The van der Waals surface area contributed by atoms with Crippen molar-refractivity contribution in [2.45, 2.75) is 12.8 Å². The summed E-state index contributed by atoms with van der Waals surface area (Å²) < 4.78 is 0. The molecule has 0 aromatic carbocycles. The second kappa shape index (κ2) is 2.12. The normalized spacial score (nSPS) is 21.3. The van der Waals surface area contributed by atoms with Gasteiger partial charge in [0.2, 0.25) is 0 Å². The quantitative estimate of drug-likeness (QED) is 0.510. The third-order valence-corrected chi connectivity index (χ3v) is 1.14. The van der Waals surface area contributed by atoms with Gasteiger partial charge < -0.3 is 5.11 Å². The summed E-state index contributed by atoms with van der Waals surface area (Å²) in [4.78, 5) is 0. The van der Waals surface area contributed by atoms with Crippen molar-refractivity contribution in [2.75, 3.05) is 6.61 Å². The van der Waals surface area contributed by atoms with E-state index in [1.807, 2.05) is 6.08 Å². The Balaban J connectivity index is 2.05. The second-order valence-corrected chi connectivity index (χ2v) is 1.95. The van der Waals surface area contributed by atoms with Gasteiger partial charge in [-0.1, -0.05) is 12.2 Å². The summed E-state index contributed by atoms with van der Waals surface area (Å²) in [6.45, 7) is 0.205. The molecule has 0 heterocycles. The monoisotopic (exact) mass is 98.1 g/mol. The highest BCUT2D eigenvalue weighted by molar-refractivity contribution is 4.95. The molecular formula is C6H10O. The van der Waals surface area contributed by atoms with Crippen molar-refractivity contribution >= 4 is 0 Å². The van der Waals surface area contributed by atoms with Crippen molar-refractivity contribution in [2.24, 2.45) is 5.92 Å². The van der Waals surface area contributed by atoms with Crippen LogP contribution in [0.2, 0.25) is 0 Å². The summed E-state index contributed by atoms with van der Waals surface area (Å²) in [5.74, 6) is 0.812. The fourth-order valence-electron chi connectivity index (χ4n) is 0.542. The molecule has 0 atom stereocenters. The van der Waals surface area contributed by atoms with Crippen LogP contribution in [-0.2, 0) is 0 Å². The van der Waals surface area contributed by atoms with E-state index in [1.54, 1.807) is 0 Å². The Morgan fingerprint density at radius 1 is 1.57 bits per heavy atom. The van der Waals surface area contributed by atoms with Gasteiger partial charge in [-0.05, 0) is 18.8 Å². The van der Waals surface area contributed by atoms with Gasteiger partial charge in [-0.15, -0.1) is 0 Å². The third kappa shape index (κ3) is 1.74. The second-order valence-electron chi connectivity index (χ2n) is 1.95. The van der Waals surface area contributed by atoms with Crippen LogP contribution in [-0.4, -0.2) is 11.7 Å². The largest absolute Gasteiger partial charge is 0.392 e. The van der Waals surface area contributed by atoms with E-state index in [0.29, 0.717) is 0 Å². The molecule has 1 heteroatoms. The van der Waals surface area contributed by atoms with Gasteiger partial charge in [-0.2, -0.15) is 0 Å². The molecular weight excluding hydrogens is 88.1 g/mol. The molecule has 0 unspecified atom stereocenters. The molecule has 0 spiro atoms. The van der Waals surface area contributed by atoms with Crippen LogP contribution in [0.4, 0.5) is 0 Å². The average molecular weight is 98.1 g/mol. The van der Waals surface area contributed by atoms with E-state index in [9.17, 15) is 0 Å². The zero-order chi connectivity index (χ0) is 5.11. The van der Waals surface area contributed by atoms with E-state index in [0.717, 1.165) is 5.92 Å². The van der Waals surface area contributed by atoms with Crippen LogP contribution in [0.25, 0.3) is 0 Å². The third-order valence-electron chi connectivity index (χ3n) is 1.14. The summed E-state index contributed by atoms with van der Waals surface area (Å²) in [6.07, 6.45) is 6.56. The van der Waals surface area contributed by atoms with Crippen molar-refractivity contribution in [3.63, 3.8) is 0 Å². The lowest BCUT2D eigenvalue weighted by molar-refractivity contribution is 0.342. The summed E-state index contributed by atoms with van der Waals surface area (Å²) in [7, 11) is 0. The maximum absolute atomic E-state index is 8.26.